The fraction of sp³-hybridized carbons (Fsp3) is 0.300. The number of hydrogen-bond donors (Lipinski definition) is 1. The highest BCUT2D eigenvalue weighted by atomic mass is 35.5. The molecule has 0 atom stereocenters. The van der Waals surface area contributed by atoms with Crippen molar-refractivity contribution >= 4 is 22.6 Å². The first-order valence-electron chi connectivity index (χ1n) is 8.03. The molecule has 0 fully saturated rings. The van der Waals surface area contributed by atoms with Gasteiger partial charge < -0.3 is 9.73 Å². The maximum absolute atomic E-state index is 6.13. The van der Waals surface area contributed by atoms with Gasteiger partial charge in [-0.05, 0) is 49.2 Å². The van der Waals surface area contributed by atoms with Gasteiger partial charge in [-0.2, -0.15) is 0 Å². The molecule has 23 heavy (non-hydrogen) atoms. The molecule has 0 radical (unpaired) electrons. The van der Waals surface area contributed by atoms with Crippen LogP contribution in [0.5, 0.6) is 0 Å². The third-order valence-corrected chi connectivity index (χ3v) is 4.14. The van der Waals surface area contributed by atoms with E-state index in [4.69, 9.17) is 16.0 Å². The second-order valence-electron chi connectivity index (χ2n) is 6.43. The van der Waals surface area contributed by atoms with Gasteiger partial charge in [-0.1, -0.05) is 49.2 Å². The van der Waals surface area contributed by atoms with E-state index in [0.29, 0.717) is 5.92 Å². The van der Waals surface area contributed by atoms with Crippen molar-refractivity contribution < 1.29 is 4.42 Å². The molecular formula is C20H22ClNO. The number of aryl methyl sites for hydroxylation is 1. The molecule has 3 rings (SSSR count). The number of rotatable bonds is 5. The number of furan rings is 1. The maximum Gasteiger partial charge on any atom is 0.135 e. The van der Waals surface area contributed by atoms with E-state index in [0.717, 1.165) is 46.0 Å². The third-order valence-electron chi connectivity index (χ3n) is 3.89. The molecule has 0 unspecified atom stereocenters. The van der Waals surface area contributed by atoms with Gasteiger partial charge in [-0.25, -0.2) is 0 Å². The third kappa shape index (κ3) is 3.60. The molecule has 0 aliphatic heterocycles. The predicted molar refractivity (Wildman–Crippen MR) is 97.9 cm³/mol. The molecule has 0 amide bonds. The van der Waals surface area contributed by atoms with E-state index >= 15 is 0 Å². The molecule has 0 aliphatic rings. The van der Waals surface area contributed by atoms with Crippen LogP contribution in [-0.2, 0) is 6.54 Å². The first kappa shape index (κ1) is 16.1. The Morgan fingerprint density at radius 3 is 2.52 bits per heavy atom. The van der Waals surface area contributed by atoms with Crippen LogP contribution in [0.4, 0.5) is 0 Å². The van der Waals surface area contributed by atoms with E-state index in [2.05, 4.69) is 56.4 Å². The quantitative estimate of drug-likeness (QED) is 0.640. The summed E-state index contributed by atoms with van der Waals surface area (Å²) in [7, 11) is 0. The fourth-order valence-electron chi connectivity index (χ4n) is 2.79. The molecule has 2 aromatic carbocycles. The number of benzene rings is 2. The summed E-state index contributed by atoms with van der Waals surface area (Å²) in [5.74, 6) is 1.59. The summed E-state index contributed by atoms with van der Waals surface area (Å²) in [6.45, 7) is 8.21. The zero-order valence-corrected chi connectivity index (χ0v) is 14.6. The summed E-state index contributed by atoms with van der Waals surface area (Å²) < 4.78 is 6.13. The summed E-state index contributed by atoms with van der Waals surface area (Å²) in [4.78, 5) is 0. The Morgan fingerprint density at radius 2 is 1.83 bits per heavy atom. The van der Waals surface area contributed by atoms with Gasteiger partial charge in [0.1, 0.15) is 11.3 Å². The fourth-order valence-corrected chi connectivity index (χ4v) is 2.92. The lowest BCUT2D eigenvalue weighted by atomic mass is 10.0. The molecule has 0 bridgehead atoms. The van der Waals surface area contributed by atoms with Crippen molar-refractivity contribution in [1.29, 1.82) is 0 Å². The van der Waals surface area contributed by atoms with Crippen LogP contribution in [0, 0.1) is 12.8 Å². The van der Waals surface area contributed by atoms with Gasteiger partial charge in [-0.15, -0.1) is 0 Å². The summed E-state index contributed by atoms with van der Waals surface area (Å²) in [6, 6.07) is 14.3. The van der Waals surface area contributed by atoms with Gasteiger partial charge in [0.15, 0.2) is 0 Å². The number of nitrogens with one attached hydrogen (secondary N) is 1. The minimum atomic E-state index is 0.612. The van der Waals surface area contributed by atoms with Crippen LogP contribution in [-0.4, -0.2) is 6.54 Å². The zero-order valence-electron chi connectivity index (χ0n) is 13.8. The maximum atomic E-state index is 6.13. The molecule has 3 heteroatoms. The highest BCUT2D eigenvalue weighted by molar-refractivity contribution is 6.30. The molecule has 0 saturated carbocycles. The van der Waals surface area contributed by atoms with Crippen LogP contribution in [0.25, 0.3) is 22.1 Å². The average molecular weight is 328 g/mol. The number of hydrogen-bond acceptors (Lipinski definition) is 2. The highest BCUT2D eigenvalue weighted by Gasteiger charge is 2.16. The Bertz CT molecular complexity index is 802. The summed E-state index contributed by atoms with van der Waals surface area (Å²) in [5.41, 5.74) is 4.47. The Balaban J connectivity index is 2.07. The van der Waals surface area contributed by atoms with E-state index < -0.39 is 0 Å². The van der Waals surface area contributed by atoms with Crippen LogP contribution in [0.15, 0.2) is 46.9 Å². The van der Waals surface area contributed by atoms with Gasteiger partial charge in [-0.3, -0.25) is 0 Å². The molecule has 1 heterocycles. The van der Waals surface area contributed by atoms with Crippen molar-refractivity contribution in [1.82, 2.24) is 5.32 Å². The lowest BCUT2D eigenvalue weighted by molar-refractivity contribution is 0.486. The molecule has 3 aromatic rings. The molecule has 1 aromatic heterocycles. The molecule has 2 nitrogen and oxygen atoms in total. The number of halogens is 1. The van der Waals surface area contributed by atoms with Crippen molar-refractivity contribution in [3.05, 3.63) is 58.8 Å². The predicted octanol–water partition coefficient (Wildman–Crippen LogP) is 5.81. The van der Waals surface area contributed by atoms with Crippen molar-refractivity contribution in [2.24, 2.45) is 5.92 Å². The molecule has 120 valence electrons. The highest BCUT2D eigenvalue weighted by Crippen LogP contribution is 2.36. The minimum Gasteiger partial charge on any atom is -0.459 e. The summed E-state index contributed by atoms with van der Waals surface area (Å²) in [6.07, 6.45) is 0. The Kier molecular flexibility index (Phi) is 4.74. The van der Waals surface area contributed by atoms with Crippen molar-refractivity contribution in [2.75, 3.05) is 6.54 Å². The first-order valence-corrected chi connectivity index (χ1v) is 8.41. The standard InChI is InChI=1S/C20H22ClNO/c1-13(2)11-22-12-19-20(15-5-7-16(21)8-6-15)17-10-14(3)4-9-18(17)23-19/h4-10,13,22H,11-12H2,1-3H3. The molecule has 0 spiro atoms. The second-order valence-corrected chi connectivity index (χ2v) is 6.87. The van der Waals surface area contributed by atoms with Gasteiger partial charge in [0, 0.05) is 16.0 Å². The molecule has 0 aliphatic carbocycles. The van der Waals surface area contributed by atoms with Crippen LogP contribution in [0.1, 0.15) is 25.2 Å². The first-order chi connectivity index (χ1) is 11.0. The van der Waals surface area contributed by atoms with Gasteiger partial charge in [0.2, 0.25) is 0 Å². The molecular weight excluding hydrogens is 306 g/mol. The monoisotopic (exact) mass is 327 g/mol. The van der Waals surface area contributed by atoms with Crippen molar-refractivity contribution in [2.45, 2.75) is 27.3 Å². The summed E-state index contributed by atoms with van der Waals surface area (Å²) >= 11 is 6.04. The van der Waals surface area contributed by atoms with Crippen molar-refractivity contribution in [3.8, 4) is 11.1 Å². The van der Waals surface area contributed by atoms with Crippen molar-refractivity contribution in [3.63, 3.8) is 0 Å². The lowest BCUT2D eigenvalue weighted by Crippen LogP contribution is -2.18. The SMILES string of the molecule is Cc1ccc2oc(CNCC(C)C)c(-c3ccc(Cl)cc3)c2c1. The minimum absolute atomic E-state index is 0.612. The van der Waals surface area contributed by atoms with Crippen LogP contribution in [0.3, 0.4) is 0 Å². The number of fused-ring (bicyclic) bond motifs is 1. The zero-order chi connectivity index (χ0) is 16.4. The van der Waals surface area contributed by atoms with E-state index in [1.54, 1.807) is 0 Å². The van der Waals surface area contributed by atoms with E-state index in [1.807, 2.05) is 12.1 Å². The van der Waals surface area contributed by atoms with Crippen LogP contribution < -0.4 is 5.32 Å². The van der Waals surface area contributed by atoms with E-state index in [1.165, 1.54) is 5.56 Å². The van der Waals surface area contributed by atoms with Gasteiger partial charge >= 0.3 is 0 Å². The van der Waals surface area contributed by atoms with Crippen LogP contribution in [0.2, 0.25) is 5.02 Å². The largest absolute Gasteiger partial charge is 0.459 e. The second kappa shape index (κ2) is 6.77. The normalized spacial score (nSPS) is 11.5. The molecule has 0 saturated heterocycles. The average Bonchev–Trinajstić information content (AvgIpc) is 2.85. The smallest absolute Gasteiger partial charge is 0.135 e. The topological polar surface area (TPSA) is 25.2 Å². The van der Waals surface area contributed by atoms with Gasteiger partial charge in [0.25, 0.3) is 0 Å². The summed E-state index contributed by atoms with van der Waals surface area (Å²) in [5, 5.41) is 5.39. The van der Waals surface area contributed by atoms with E-state index in [-0.39, 0.29) is 0 Å². The van der Waals surface area contributed by atoms with E-state index in [9.17, 15) is 0 Å². The Morgan fingerprint density at radius 1 is 1.09 bits per heavy atom. The van der Waals surface area contributed by atoms with Gasteiger partial charge in [0.05, 0.1) is 6.54 Å². The lowest BCUT2D eigenvalue weighted by Gasteiger charge is -2.08. The van der Waals surface area contributed by atoms with Crippen LogP contribution >= 0.6 is 11.6 Å². The molecule has 1 N–H and O–H groups in total. The Hall–Kier alpha value is -1.77. The Labute approximate surface area is 142 Å².